The molecule has 7 rings (SSSR count). The van der Waals surface area contributed by atoms with E-state index >= 15 is 0 Å². The molecule has 0 spiro atoms. The number of halogens is 1. The molecule has 35 heavy (non-hydrogen) atoms. The Kier molecular flexibility index (Phi) is 4.23. The number of nitrogens with one attached hydrogen (secondary N) is 1. The number of anilines is 1. The molecule has 0 saturated carbocycles. The molecule has 1 aliphatic carbocycles. The average molecular weight is 483 g/mol. The Labute approximate surface area is 209 Å². The van der Waals surface area contributed by atoms with E-state index in [1.807, 2.05) is 12.4 Å². The lowest BCUT2D eigenvalue weighted by Crippen LogP contribution is -2.40. The molecule has 2 unspecified atom stereocenters. The molecule has 7 heteroatoms. The molecule has 3 aromatic heterocycles. The van der Waals surface area contributed by atoms with Crippen LogP contribution in [0.2, 0.25) is 0 Å². The van der Waals surface area contributed by atoms with Gasteiger partial charge in [-0.15, -0.1) is 11.6 Å². The van der Waals surface area contributed by atoms with Gasteiger partial charge < -0.3 is 9.88 Å². The fourth-order valence-corrected chi connectivity index (χ4v) is 6.73. The summed E-state index contributed by atoms with van der Waals surface area (Å²) in [5.74, 6) is 0.906. The van der Waals surface area contributed by atoms with Crippen molar-refractivity contribution in [3.05, 3.63) is 94.5 Å². The average Bonchev–Trinajstić information content (AvgIpc) is 3.52. The molecule has 0 fully saturated rings. The molecule has 176 valence electrons. The molecule has 0 radical (unpaired) electrons. The number of benzene rings is 1. The number of H-pyrrole nitrogens is 1. The van der Waals surface area contributed by atoms with Crippen molar-refractivity contribution in [3.8, 4) is 5.69 Å². The van der Waals surface area contributed by atoms with Gasteiger partial charge in [-0.1, -0.05) is 31.2 Å². The highest BCUT2D eigenvalue weighted by Crippen LogP contribution is 2.58. The smallest absolute Gasteiger partial charge is 0.147 e. The van der Waals surface area contributed by atoms with Gasteiger partial charge in [-0.25, -0.2) is 9.67 Å². The Morgan fingerprint density at radius 2 is 2.06 bits per heavy atom. The largest absolute Gasteiger partial charge is 0.363 e. The number of hydrogen-bond acceptors (Lipinski definition) is 4. The number of aromatic amines is 1. The number of allylic oxidation sites excluding steroid dienone is 2. The highest BCUT2D eigenvalue weighted by atomic mass is 35.5. The van der Waals surface area contributed by atoms with Crippen LogP contribution >= 0.6 is 11.6 Å². The fraction of sp³-hybridized carbons (Fsp3) is 0.321. The second kappa shape index (κ2) is 7.08. The number of aromatic nitrogens is 5. The first kappa shape index (κ1) is 20.9. The van der Waals surface area contributed by atoms with Gasteiger partial charge in [0.2, 0.25) is 0 Å². The van der Waals surface area contributed by atoms with Crippen molar-refractivity contribution in [1.82, 2.24) is 24.7 Å². The lowest BCUT2D eigenvalue weighted by atomic mass is 9.63. The monoisotopic (exact) mass is 482 g/mol. The lowest BCUT2D eigenvalue weighted by Gasteiger charge is -2.45. The Bertz CT molecular complexity index is 1510. The maximum atomic E-state index is 7.16. The number of fused-ring (bicyclic) bond motifs is 10. The van der Waals surface area contributed by atoms with Crippen LogP contribution in [0.25, 0.3) is 11.3 Å². The number of nitrogens with zero attached hydrogens (tertiary/aromatic N) is 5. The van der Waals surface area contributed by atoms with Crippen LogP contribution in [-0.2, 0) is 29.7 Å². The van der Waals surface area contributed by atoms with E-state index in [1.54, 1.807) is 12.4 Å². The van der Waals surface area contributed by atoms with E-state index in [1.165, 1.54) is 44.9 Å². The fourth-order valence-electron chi connectivity index (χ4n) is 6.47. The Morgan fingerprint density at radius 3 is 2.86 bits per heavy atom. The number of hydrogen-bond donors (Lipinski definition) is 1. The van der Waals surface area contributed by atoms with Crippen molar-refractivity contribution in [1.29, 1.82) is 0 Å². The summed E-state index contributed by atoms with van der Waals surface area (Å²) in [5, 5.41) is 5.28. The van der Waals surface area contributed by atoms with Gasteiger partial charge in [0.1, 0.15) is 10.7 Å². The molecule has 0 bridgehead atoms. The molecule has 1 N–H and O–H groups in total. The number of rotatable bonds is 2. The molecule has 6 nitrogen and oxygen atoms in total. The Hall–Kier alpha value is -3.38. The van der Waals surface area contributed by atoms with E-state index in [0.29, 0.717) is 0 Å². The van der Waals surface area contributed by atoms with Crippen molar-refractivity contribution >= 4 is 23.0 Å². The van der Waals surface area contributed by atoms with Crippen LogP contribution in [0, 0.1) is 0 Å². The van der Waals surface area contributed by atoms with E-state index in [4.69, 9.17) is 16.7 Å². The van der Waals surface area contributed by atoms with Crippen LogP contribution < -0.4 is 4.90 Å². The van der Waals surface area contributed by atoms with Crippen molar-refractivity contribution in [3.63, 3.8) is 0 Å². The summed E-state index contributed by atoms with van der Waals surface area (Å²) in [5.41, 5.74) is 10.6. The predicted octanol–water partition coefficient (Wildman–Crippen LogP) is 5.29. The first-order valence-electron chi connectivity index (χ1n) is 12.3. The third-order valence-corrected chi connectivity index (χ3v) is 8.41. The first-order chi connectivity index (χ1) is 16.9. The van der Waals surface area contributed by atoms with Gasteiger partial charge in [0.25, 0.3) is 0 Å². The molecule has 3 aliphatic rings. The van der Waals surface area contributed by atoms with Crippen LogP contribution in [-0.4, -0.2) is 31.3 Å². The summed E-state index contributed by atoms with van der Waals surface area (Å²) in [4.78, 5) is 14.1. The van der Waals surface area contributed by atoms with Gasteiger partial charge in [0.05, 0.1) is 28.7 Å². The van der Waals surface area contributed by atoms with Crippen LogP contribution in [0.1, 0.15) is 60.1 Å². The molecule has 2 atom stereocenters. The maximum Gasteiger partial charge on any atom is 0.147 e. The predicted molar refractivity (Wildman–Crippen MR) is 138 cm³/mol. The number of para-hydroxylation sites is 1. The number of aryl methyl sites for hydroxylation is 1. The quantitative estimate of drug-likeness (QED) is 0.394. The van der Waals surface area contributed by atoms with Crippen LogP contribution in [0.15, 0.2) is 55.1 Å². The summed E-state index contributed by atoms with van der Waals surface area (Å²) >= 11 is 7.16. The van der Waals surface area contributed by atoms with Crippen molar-refractivity contribution in [2.45, 2.75) is 50.4 Å². The lowest BCUT2D eigenvalue weighted by molar-refractivity contribution is 0.598. The van der Waals surface area contributed by atoms with E-state index in [2.05, 4.69) is 75.6 Å². The number of alkyl halides is 1. The zero-order valence-corrected chi connectivity index (χ0v) is 20.9. The maximum absolute atomic E-state index is 7.16. The zero-order valence-electron chi connectivity index (χ0n) is 20.1. The van der Waals surface area contributed by atoms with E-state index in [-0.39, 0.29) is 5.41 Å². The third-order valence-electron chi connectivity index (χ3n) is 8.11. The van der Waals surface area contributed by atoms with Gasteiger partial charge >= 0.3 is 0 Å². The van der Waals surface area contributed by atoms with E-state index < -0.39 is 4.87 Å². The molecule has 4 aromatic rings. The van der Waals surface area contributed by atoms with Crippen molar-refractivity contribution in [2.75, 3.05) is 11.4 Å². The van der Waals surface area contributed by atoms with E-state index in [9.17, 15) is 0 Å². The highest BCUT2D eigenvalue weighted by molar-refractivity contribution is 6.26. The minimum absolute atomic E-state index is 0.380. The highest BCUT2D eigenvalue weighted by Gasteiger charge is 2.51. The molecule has 5 heterocycles. The summed E-state index contributed by atoms with van der Waals surface area (Å²) in [6, 6.07) is 8.83. The second-order valence-electron chi connectivity index (χ2n) is 10.1. The summed E-state index contributed by atoms with van der Waals surface area (Å²) in [6.07, 6.45) is 11.4. The first-order valence-corrected chi connectivity index (χ1v) is 12.7. The minimum atomic E-state index is -0.610. The van der Waals surface area contributed by atoms with Crippen molar-refractivity contribution < 1.29 is 0 Å². The van der Waals surface area contributed by atoms with Gasteiger partial charge in [0.15, 0.2) is 0 Å². The summed E-state index contributed by atoms with van der Waals surface area (Å²) in [7, 11) is 0. The van der Waals surface area contributed by atoms with Gasteiger partial charge in [0, 0.05) is 54.9 Å². The zero-order chi connectivity index (χ0) is 23.9. The summed E-state index contributed by atoms with van der Waals surface area (Å²) < 4.78 is 2.25. The Morgan fingerprint density at radius 1 is 1.17 bits per heavy atom. The van der Waals surface area contributed by atoms with Gasteiger partial charge in [-0.3, -0.25) is 4.98 Å². The SMILES string of the molecule is CCc1cccc2c1-n1nc3c(c1C1(C)C2=CC(C)(Cl)c2[nH]ccc21)CN(c1cnccn1)CC3. The van der Waals surface area contributed by atoms with Crippen LogP contribution in [0.3, 0.4) is 0 Å². The standard InChI is InChI=1S/C28H27ClN6/c1-4-17-6-5-7-18-21-14-27(2,29)25-20(8-10-32-25)28(21,3)26-19-16-34(23-15-30-11-12-31-23)13-9-22(19)33-35(26)24(17)18/h5-8,10-12,14-15,32H,4,9,13,16H2,1-3H3. The third kappa shape index (κ3) is 2.69. The summed E-state index contributed by atoms with van der Waals surface area (Å²) in [6.45, 7) is 8.27. The minimum Gasteiger partial charge on any atom is -0.363 e. The molecular weight excluding hydrogens is 456 g/mol. The van der Waals surface area contributed by atoms with Crippen molar-refractivity contribution in [2.24, 2.45) is 0 Å². The molecule has 0 amide bonds. The van der Waals surface area contributed by atoms with Crippen LogP contribution in [0.4, 0.5) is 5.82 Å². The van der Waals surface area contributed by atoms with Gasteiger partial charge in [-0.05, 0) is 43.0 Å². The van der Waals surface area contributed by atoms with Crippen LogP contribution in [0.5, 0.6) is 0 Å². The van der Waals surface area contributed by atoms with Gasteiger partial charge in [-0.2, -0.15) is 5.10 Å². The molecule has 2 aliphatic heterocycles. The molecular formula is C28H27ClN6. The topological polar surface area (TPSA) is 62.6 Å². The normalized spacial score (nSPS) is 24.1. The molecule has 0 saturated heterocycles. The Balaban J connectivity index is 1.54. The van der Waals surface area contributed by atoms with E-state index in [0.717, 1.165) is 37.4 Å². The molecule has 1 aromatic carbocycles. The second-order valence-corrected chi connectivity index (χ2v) is 10.9.